The molecule has 0 aliphatic carbocycles. The van der Waals surface area contributed by atoms with Gasteiger partial charge in [0.15, 0.2) is 11.5 Å². The summed E-state index contributed by atoms with van der Waals surface area (Å²) in [6.45, 7) is 0.167. The van der Waals surface area contributed by atoms with Crippen LogP contribution in [0.4, 0.5) is 11.4 Å². The van der Waals surface area contributed by atoms with Crippen molar-refractivity contribution in [2.24, 2.45) is 5.10 Å². The number of rotatable bonds is 10. The Morgan fingerprint density at radius 2 is 1.68 bits per heavy atom. The topological polar surface area (TPSA) is 132 Å². The number of non-ortho nitro benzene ring substituents is 1. The molecule has 10 nitrogen and oxygen atoms in total. The number of benzene rings is 4. The van der Waals surface area contributed by atoms with E-state index in [0.717, 1.165) is 5.56 Å². The maximum absolute atomic E-state index is 12.5. The highest BCUT2D eigenvalue weighted by atomic mass is 35.5. The maximum Gasteiger partial charge on any atom is 0.271 e. The van der Waals surface area contributed by atoms with Gasteiger partial charge in [-0.2, -0.15) is 5.10 Å². The maximum atomic E-state index is 12.5. The molecule has 202 valence electrons. The van der Waals surface area contributed by atoms with Gasteiger partial charge in [0.05, 0.1) is 28.8 Å². The van der Waals surface area contributed by atoms with Gasteiger partial charge in [-0.05, 0) is 77.9 Å². The molecule has 0 saturated carbocycles. The van der Waals surface area contributed by atoms with E-state index in [1.165, 1.54) is 25.5 Å². The van der Waals surface area contributed by atoms with E-state index in [1.807, 2.05) is 0 Å². The average Bonchev–Trinajstić information content (AvgIpc) is 2.97. The fourth-order valence-corrected chi connectivity index (χ4v) is 3.76. The van der Waals surface area contributed by atoms with Gasteiger partial charge in [0, 0.05) is 23.4 Å². The highest BCUT2D eigenvalue weighted by molar-refractivity contribution is 6.34. The molecule has 0 aliphatic heterocycles. The first-order chi connectivity index (χ1) is 19.3. The van der Waals surface area contributed by atoms with E-state index >= 15 is 0 Å². The lowest BCUT2D eigenvalue weighted by Crippen LogP contribution is -2.18. The Morgan fingerprint density at radius 1 is 0.950 bits per heavy atom. The van der Waals surface area contributed by atoms with Gasteiger partial charge in [-0.25, -0.2) is 5.43 Å². The van der Waals surface area contributed by atoms with E-state index in [9.17, 15) is 19.7 Å². The first-order valence-electron chi connectivity index (χ1n) is 11.9. The van der Waals surface area contributed by atoms with Crippen molar-refractivity contribution in [2.75, 3.05) is 12.4 Å². The summed E-state index contributed by atoms with van der Waals surface area (Å²) < 4.78 is 11.2. The Bertz CT molecular complexity index is 1560. The zero-order chi connectivity index (χ0) is 28.5. The van der Waals surface area contributed by atoms with E-state index in [0.29, 0.717) is 38.9 Å². The lowest BCUT2D eigenvalue weighted by atomic mass is 10.1. The smallest absolute Gasteiger partial charge is 0.271 e. The number of halogens is 1. The highest BCUT2D eigenvalue weighted by Crippen LogP contribution is 2.28. The monoisotopic (exact) mass is 558 g/mol. The van der Waals surface area contributed by atoms with Crippen LogP contribution in [0.5, 0.6) is 11.5 Å². The quantitative estimate of drug-likeness (QED) is 0.142. The van der Waals surface area contributed by atoms with Crippen molar-refractivity contribution in [1.29, 1.82) is 0 Å². The first-order valence-corrected chi connectivity index (χ1v) is 12.3. The predicted octanol–water partition coefficient (Wildman–Crippen LogP) is 5.85. The third-order valence-corrected chi connectivity index (χ3v) is 5.96. The van der Waals surface area contributed by atoms with Crippen LogP contribution >= 0.6 is 11.6 Å². The van der Waals surface area contributed by atoms with Crippen LogP contribution in [-0.4, -0.2) is 30.1 Å². The number of nitro groups is 1. The van der Waals surface area contributed by atoms with E-state index in [1.54, 1.807) is 78.9 Å². The second-order valence-electron chi connectivity index (χ2n) is 8.33. The summed E-state index contributed by atoms with van der Waals surface area (Å²) in [7, 11) is 1.51. The molecule has 0 saturated heterocycles. The molecule has 4 aromatic carbocycles. The van der Waals surface area contributed by atoms with Gasteiger partial charge in [-0.3, -0.25) is 19.7 Å². The summed E-state index contributed by atoms with van der Waals surface area (Å²) in [6, 6.07) is 24.2. The number of nitro benzene ring substituents is 1. The number of carbonyl (C=O) groups is 2. The number of ether oxygens (including phenoxy) is 2. The van der Waals surface area contributed by atoms with Crippen molar-refractivity contribution in [3.8, 4) is 11.5 Å². The Kier molecular flexibility index (Phi) is 9.06. The summed E-state index contributed by atoms with van der Waals surface area (Å²) in [5, 5.41) is 17.9. The number of hydrogen-bond donors (Lipinski definition) is 2. The zero-order valence-electron chi connectivity index (χ0n) is 21.2. The molecule has 0 spiro atoms. The number of hydrogen-bond acceptors (Lipinski definition) is 7. The summed E-state index contributed by atoms with van der Waals surface area (Å²) >= 11 is 6.06. The molecular weight excluding hydrogens is 536 g/mol. The summed E-state index contributed by atoms with van der Waals surface area (Å²) in [4.78, 5) is 35.3. The standard InChI is InChI=1S/C29H23ClN4O6/c1-39-26-15-8-20(16-27(26)40-18-19-6-13-23(14-7-19)34(37)38)17-31-33-28(35)21-9-11-22(12-10-21)32-29(36)24-4-2-3-5-25(24)30/h2-17H,18H2,1H3,(H,32,36)(H,33,35). The number of anilines is 1. The molecule has 2 N–H and O–H groups in total. The van der Waals surface area contributed by atoms with E-state index in [2.05, 4.69) is 15.8 Å². The highest BCUT2D eigenvalue weighted by Gasteiger charge is 2.11. The van der Waals surface area contributed by atoms with Gasteiger partial charge in [-0.15, -0.1) is 0 Å². The molecule has 0 radical (unpaired) electrons. The number of hydrazone groups is 1. The zero-order valence-corrected chi connectivity index (χ0v) is 21.9. The van der Waals surface area contributed by atoms with E-state index in [4.69, 9.17) is 21.1 Å². The molecule has 0 atom stereocenters. The normalized spacial score (nSPS) is 10.7. The van der Waals surface area contributed by atoms with Crippen LogP contribution in [-0.2, 0) is 6.61 Å². The Labute approximate surface area is 234 Å². The molecular formula is C29H23ClN4O6. The van der Waals surface area contributed by atoms with Gasteiger partial charge in [0.2, 0.25) is 0 Å². The lowest BCUT2D eigenvalue weighted by Gasteiger charge is -2.11. The van der Waals surface area contributed by atoms with Crippen LogP contribution in [0.2, 0.25) is 5.02 Å². The second-order valence-corrected chi connectivity index (χ2v) is 8.74. The number of carbonyl (C=O) groups excluding carboxylic acids is 2. The van der Waals surface area contributed by atoms with Crippen molar-refractivity contribution >= 4 is 41.0 Å². The summed E-state index contributed by atoms with van der Waals surface area (Å²) in [5.74, 6) is 0.127. The fraction of sp³-hybridized carbons (Fsp3) is 0.0690. The van der Waals surface area contributed by atoms with Crippen LogP contribution in [0.3, 0.4) is 0 Å². The van der Waals surface area contributed by atoms with Crippen molar-refractivity contribution in [3.05, 3.63) is 128 Å². The molecule has 2 amide bonds. The van der Waals surface area contributed by atoms with Crippen molar-refractivity contribution in [2.45, 2.75) is 6.61 Å². The van der Waals surface area contributed by atoms with Gasteiger partial charge in [0.1, 0.15) is 6.61 Å². The first kappa shape index (κ1) is 27.8. The number of nitrogens with one attached hydrogen (secondary N) is 2. The van der Waals surface area contributed by atoms with Gasteiger partial charge in [-0.1, -0.05) is 23.7 Å². The van der Waals surface area contributed by atoms with E-state index < -0.39 is 10.8 Å². The predicted molar refractivity (Wildman–Crippen MR) is 151 cm³/mol. The lowest BCUT2D eigenvalue weighted by molar-refractivity contribution is -0.384. The van der Waals surface area contributed by atoms with E-state index in [-0.39, 0.29) is 18.2 Å². The molecule has 0 aliphatic rings. The minimum absolute atomic E-state index is 0.00211. The number of methoxy groups -OCH3 is 1. The molecule has 0 bridgehead atoms. The molecule has 0 unspecified atom stereocenters. The van der Waals surface area contributed by atoms with Crippen LogP contribution in [0.25, 0.3) is 0 Å². The third kappa shape index (κ3) is 7.21. The number of nitrogens with zero attached hydrogens (tertiary/aromatic N) is 2. The minimum atomic E-state index is -0.465. The van der Waals surface area contributed by atoms with Crippen molar-refractivity contribution in [3.63, 3.8) is 0 Å². The number of amides is 2. The second kappa shape index (κ2) is 13.0. The fourth-order valence-electron chi connectivity index (χ4n) is 3.54. The molecule has 11 heteroatoms. The molecule has 0 fully saturated rings. The van der Waals surface area contributed by atoms with Crippen LogP contribution < -0.4 is 20.2 Å². The molecule has 4 rings (SSSR count). The summed E-state index contributed by atoms with van der Waals surface area (Å²) in [5.41, 5.74) is 5.03. The Hall–Kier alpha value is -5.22. The average molecular weight is 559 g/mol. The molecule has 0 heterocycles. The minimum Gasteiger partial charge on any atom is -0.493 e. The van der Waals surface area contributed by atoms with Crippen molar-refractivity contribution in [1.82, 2.24) is 5.43 Å². The molecule has 40 heavy (non-hydrogen) atoms. The Morgan fingerprint density at radius 3 is 2.35 bits per heavy atom. The van der Waals surface area contributed by atoms with Crippen molar-refractivity contribution < 1.29 is 24.0 Å². The largest absolute Gasteiger partial charge is 0.493 e. The SMILES string of the molecule is COc1ccc(C=NNC(=O)c2ccc(NC(=O)c3ccccc3Cl)cc2)cc1OCc1ccc([N+](=O)[O-])cc1. The van der Waals surface area contributed by atoms with Gasteiger partial charge < -0.3 is 14.8 Å². The summed E-state index contributed by atoms with van der Waals surface area (Å²) in [6.07, 6.45) is 1.45. The Balaban J connectivity index is 1.34. The van der Waals surface area contributed by atoms with Crippen LogP contribution in [0.15, 0.2) is 96.1 Å². The van der Waals surface area contributed by atoms with Gasteiger partial charge >= 0.3 is 0 Å². The van der Waals surface area contributed by atoms with Crippen LogP contribution in [0.1, 0.15) is 31.8 Å². The third-order valence-electron chi connectivity index (χ3n) is 5.63. The molecule has 0 aromatic heterocycles. The van der Waals surface area contributed by atoms with Gasteiger partial charge in [0.25, 0.3) is 17.5 Å². The van der Waals surface area contributed by atoms with Crippen LogP contribution in [0, 0.1) is 10.1 Å². The molecule has 4 aromatic rings.